The van der Waals surface area contributed by atoms with Crippen molar-refractivity contribution in [2.45, 2.75) is 76.9 Å². The van der Waals surface area contributed by atoms with E-state index in [1.807, 2.05) is 0 Å². The maximum Gasteiger partial charge on any atom is 0.0309 e. The molecule has 18 heavy (non-hydrogen) atoms. The van der Waals surface area contributed by atoms with Gasteiger partial charge in [0.25, 0.3) is 0 Å². The van der Waals surface area contributed by atoms with Gasteiger partial charge in [0.1, 0.15) is 0 Å². The zero-order chi connectivity index (χ0) is 13.0. The van der Waals surface area contributed by atoms with E-state index in [2.05, 4.69) is 37.9 Å². The number of rotatable bonds is 4. The fourth-order valence-corrected chi connectivity index (χ4v) is 4.06. The second-order valence-corrected chi connectivity index (χ2v) is 7.69. The molecule has 3 rings (SSSR count). The number of hydrogen-bond donors (Lipinski definition) is 1. The molecule has 1 aliphatic heterocycles. The smallest absolute Gasteiger partial charge is 0.0309 e. The third kappa shape index (κ3) is 2.12. The van der Waals surface area contributed by atoms with Gasteiger partial charge in [-0.05, 0) is 64.7 Å². The predicted octanol–water partition coefficient (Wildman–Crippen LogP) is 3.03. The highest BCUT2D eigenvalue weighted by Gasteiger charge is 2.51. The summed E-state index contributed by atoms with van der Waals surface area (Å²) in [6, 6.07) is 0.743. The largest absolute Gasteiger partial charge is 0.308 e. The Kier molecular flexibility index (Phi) is 3.02. The molecular weight excluding hydrogens is 220 g/mol. The molecule has 2 atom stereocenters. The summed E-state index contributed by atoms with van der Waals surface area (Å²) < 4.78 is 0. The summed E-state index contributed by atoms with van der Waals surface area (Å²) in [4.78, 5) is 2.86. The van der Waals surface area contributed by atoms with E-state index >= 15 is 0 Å². The highest BCUT2D eigenvalue weighted by molar-refractivity contribution is 5.08. The second kappa shape index (κ2) is 4.21. The monoisotopic (exact) mass is 250 g/mol. The van der Waals surface area contributed by atoms with Crippen LogP contribution in [0.1, 0.15) is 59.8 Å². The average molecular weight is 250 g/mol. The van der Waals surface area contributed by atoms with E-state index in [0.717, 1.165) is 17.9 Å². The van der Waals surface area contributed by atoms with Crippen LogP contribution in [0, 0.1) is 11.8 Å². The minimum absolute atomic E-state index is 0.387. The molecule has 0 aromatic rings. The zero-order valence-corrected chi connectivity index (χ0v) is 12.6. The Morgan fingerprint density at radius 1 is 1.22 bits per heavy atom. The molecule has 0 aromatic heterocycles. The van der Waals surface area contributed by atoms with E-state index in [-0.39, 0.29) is 0 Å². The van der Waals surface area contributed by atoms with Crippen molar-refractivity contribution in [3.8, 4) is 0 Å². The molecule has 104 valence electrons. The molecule has 2 unspecified atom stereocenters. The summed E-state index contributed by atoms with van der Waals surface area (Å²) in [6.45, 7) is 12.3. The number of piperazine rings is 1. The molecule has 1 N–H and O–H groups in total. The van der Waals surface area contributed by atoms with E-state index < -0.39 is 0 Å². The van der Waals surface area contributed by atoms with E-state index in [1.54, 1.807) is 0 Å². The molecule has 1 saturated heterocycles. The molecular formula is C16H30N2. The number of hydrogen-bond acceptors (Lipinski definition) is 2. The lowest BCUT2D eigenvalue weighted by Crippen LogP contribution is -2.68. The van der Waals surface area contributed by atoms with Crippen LogP contribution in [0.5, 0.6) is 0 Å². The van der Waals surface area contributed by atoms with Crippen LogP contribution in [0.4, 0.5) is 0 Å². The van der Waals surface area contributed by atoms with Crippen LogP contribution in [0.15, 0.2) is 0 Å². The lowest BCUT2D eigenvalue weighted by molar-refractivity contribution is -0.0143. The van der Waals surface area contributed by atoms with Crippen LogP contribution in [-0.4, -0.2) is 35.1 Å². The summed E-state index contributed by atoms with van der Waals surface area (Å²) in [5.74, 6) is 1.89. The van der Waals surface area contributed by atoms with Crippen molar-refractivity contribution in [2.75, 3.05) is 13.1 Å². The van der Waals surface area contributed by atoms with Crippen molar-refractivity contribution < 1.29 is 0 Å². The molecule has 0 bridgehead atoms. The molecule has 0 amide bonds. The van der Waals surface area contributed by atoms with Crippen LogP contribution in [-0.2, 0) is 0 Å². The Balaban J connectivity index is 1.78. The fourth-order valence-electron chi connectivity index (χ4n) is 4.06. The molecule has 2 nitrogen and oxygen atoms in total. The Bertz CT molecular complexity index is 317. The standard InChI is InChI=1S/C16H30N2/c1-5-14-10-17-16(4,13-8-9-13)11-18(14)15(2,3)12-6-7-12/h12-14,17H,5-11H2,1-4H3. The highest BCUT2D eigenvalue weighted by atomic mass is 15.3. The van der Waals surface area contributed by atoms with Crippen LogP contribution < -0.4 is 5.32 Å². The van der Waals surface area contributed by atoms with Gasteiger partial charge in [0.15, 0.2) is 0 Å². The molecule has 3 aliphatic rings. The lowest BCUT2D eigenvalue weighted by atomic mass is 9.84. The maximum absolute atomic E-state index is 3.88. The first-order chi connectivity index (χ1) is 8.47. The van der Waals surface area contributed by atoms with Crippen molar-refractivity contribution in [1.29, 1.82) is 0 Å². The average Bonchev–Trinajstić information content (AvgIpc) is 3.20. The Morgan fingerprint density at radius 3 is 2.39 bits per heavy atom. The predicted molar refractivity (Wildman–Crippen MR) is 76.7 cm³/mol. The fraction of sp³-hybridized carbons (Fsp3) is 1.00. The van der Waals surface area contributed by atoms with Crippen molar-refractivity contribution >= 4 is 0 Å². The lowest BCUT2D eigenvalue weighted by Gasteiger charge is -2.53. The van der Waals surface area contributed by atoms with Gasteiger partial charge < -0.3 is 5.32 Å². The van der Waals surface area contributed by atoms with E-state index in [1.165, 1.54) is 45.2 Å². The van der Waals surface area contributed by atoms with Gasteiger partial charge in [-0.3, -0.25) is 4.90 Å². The molecule has 2 saturated carbocycles. The van der Waals surface area contributed by atoms with Gasteiger partial charge in [0.05, 0.1) is 0 Å². The van der Waals surface area contributed by atoms with Gasteiger partial charge in [-0.15, -0.1) is 0 Å². The summed E-state index contributed by atoms with van der Waals surface area (Å²) in [5.41, 5.74) is 0.802. The van der Waals surface area contributed by atoms with Crippen LogP contribution in [0.3, 0.4) is 0 Å². The van der Waals surface area contributed by atoms with Crippen molar-refractivity contribution in [3.63, 3.8) is 0 Å². The quantitative estimate of drug-likeness (QED) is 0.825. The first-order valence-corrected chi connectivity index (χ1v) is 7.99. The number of nitrogens with one attached hydrogen (secondary N) is 1. The van der Waals surface area contributed by atoms with Crippen LogP contribution >= 0.6 is 0 Å². The summed E-state index contributed by atoms with van der Waals surface area (Å²) in [5, 5.41) is 3.88. The van der Waals surface area contributed by atoms with Crippen molar-refractivity contribution in [1.82, 2.24) is 10.2 Å². The van der Waals surface area contributed by atoms with Crippen LogP contribution in [0.2, 0.25) is 0 Å². The van der Waals surface area contributed by atoms with Crippen molar-refractivity contribution in [2.24, 2.45) is 11.8 Å². The maximum atomic E-state index is 3.88. The minimum atomic E-state index is 0.387. The first-order valence-electron chi connectivity index (χ1n) is 7.99. The molecule has 0 spiro atoms. The summed E-state index contributed by atoms with van der Waals surface area (Å²) in [7, 11) is 0. The summed E-state index contributed by atoms with van der Waals surface area (Å²) in [6.07, 6.45) is 7.07. The van der Waals surface area contributed by atoms with Gasteiger partial charge in [-0.25, -0.2) is 0 Å². The SMILES string of the molecule is CCC1CNC(C)(C2CC2)CN1C(C)(C)C1CC1. The summed E-state index contributed by atoms with van der Waals surface area (Å²) >= 11 is 0. The van der Waals surface area contributed by atoms with Gasteiger partial charge in [0.2, 0.25) is 0 Å². The highest BCUT2D eigenvalue weighted by Crippen LogP contribution is 2.47. The zero-order valence-electron chi connectivity index (χ0n) is 12.6. The Labute approximate surface area is 113 Å². The van der Waals surface area contributed by atoms with Crippen LogP contribution in [0.25, 0.3) is 0 Å². The van der Waals surface area contributed by atoms with Gasteiger partial charge in [0, 0.05) is 30.2 Å². The topological polar surface area (TPSA) is 15.3 Å². The number of nitrogens with zero attached hydrogens (tertiary/aromatic N) is 1. The van der Waals surface area contributed by atoms with E-state index in [4.69, 9.17) is 0 Å². The molecule has 1 heterocycles. The first kappa shape index (κ1) is 12.9. The molecule has 0 aromatic carbocycles. The molecule has 3 fully saturated rings. The molecule has 0 radical (unpaired) electrons. The normalized spacial score (nSPS) is 39.0. The van der Waals surface area contributed by atoms with Gasteiger partial charge in [-0.1, -0.05) is 6.92 Å². The second-order valence-electron chi connectivity index (χ2n) is 7.69. The third-order valence-electron chi connectivity index (χ3n) is 5.95. The Morgan fingerprint density at radius 2 is 1.89 bits per heavy atom. The van der Waals surface area contributed by atoms with E-state index in [0.29, 0.717) is 11.1 Å². The third-order valence-corrected chi connectivity index (χ3v) is 5.95. The van der Waals surface area contributed by atoms with Gasteiger partial charge in [-0.2, -0.15) is 0 Å². The molecule has 2 heteroatoms. The van der Waals surface area contributed by atoms with Crippen molar-refractivity contribution in [3.05, 3.63) is 0 Å². The molecule has 2 aliphatic carbocycles. The minimum Gasteiger partial charge on any atom is -0.308 e. The van der Waals surface area contributed by atoms with E-state index in [9.17, 15) is 0 Å². The Hall–Kier alpha value is -0.0800. The van der Waals surface area contributed by atoms with Gasteiger partial charge >= 0.3 is 0 Å².